The molecule has 138 valence electrons. The Morgan fingerprint density at radius 1 is 1.19 bits per heavy atom. The summed E-state index contributed by atoms with van der Waals surface area (Å²) in [4.78, 5) is 17.1. The van der Waals surface area contributed by atoms with Crippen molar-refractivity contribution in [1.29, 1.82) is 0 Å². The van der Waals surface area contributed by atoms with Gasteiger partial charge in [0.05, 0.1) is 19.8 Å². The van der Waals surface area contributed by atoms with Gasteiger partial charge in [0.1, 0.15) is 16.5 Å². The lowest BCUT2D eigenvalue weighted by atomic mass is 10.2. The van der Waals surface area contributed by atoms with Crippen LogP contribution in [0, 0.1) is 0 Å². The molecule has 26 heavy (non-hydrogen) atoms. The zero-order valence-electron chi connectivity index (χ0n) is 15.2. The van der Waals surface area contributed by atoms with Crippen LogP contribution in [0.2, 0.25) is 0 Å². The van der Waals surface area contributed by atoms with E-state index in [2.05, 4.69) is 10.3 Å². The molecule has 1 N–H and O–H groups in total. The predicted molar refractivity (Wildman–Crippen MR) is 103 cm³/mol. The molecule has 1 saturated carbocycles. The van der Waals surface area contributed by atoms with E-state index in [-0.39, 0.29) is 5.91 Å². The summed E-state index contributed by atoms with van der Waals surface area (Å²) in [5, 5.41) is 4.37. The quantitative estimate of drug-likeness (QED) is 0.794. The summed E-state index contributed by atoms with van der Waals surface area (Å²) in [5.41, 5.74) is 1.56. The molecule has 1 aliphatic rings. The van der Waals surface area contributed by atoms with E-state index in [0.29, 0.717) is 28.9 Å². The lowest BCUT2D eigenvalue weighted by Crippen LogP contribution is -2.24. The van der Waals surface area contributed by atoms with Crippen molar-refractivity contribution in [3.05, 3.63) is 47.7 Å². The number of hydrogen-bond donors (Lipinski definition) is 1. The van der Waals surface area contributed by atoms with Gasteiger partial charge in [-0.15, -0.1) is 11.8 Å². The van der Waals surface area contributed by atoms with Crippen LogP contribution in [-0.2, 0) is 6.54 Å². The highest BCUT2D eigenvalue weighted by Gasteiger charge is 2.20. The summed E-state index contributed by atoms with van der Waals surface area (Å²) >= 11 is 1.73. The Morgan fingerprint density at radius 3 is 2.54 bits per heavy atom. The van der Waals surface area contributed by atoms with E-state index < -0.39 is 0 Å². The Morgan fingerprint density at radius 2 is 1.88 bits per heavy atom. The minimum Gasteiger partial charge on any atom is -0.497 e. The number of methoxy groups -OCH3 is 2. The standard InChI is InChI=1S/C20H24N2O3S/c1-24-15-10-14(11-16(12-15)25-2)13-22-19(23)18-8-5-9-21-20(18)26-17-6-3-4-7-17/h5,8-12,17H,3-4,6-7,13H2,1-2H3,(H,22,23). The second kappa shape index (κ2) is 8.94. The van der Waals surface area contributed by atoms with Crippen LogP contribution in [0.5, 0.6) is 11.5 Å². The van der Waals surface area contributed by atoms with E-state index in [0.717, 1.165) is 10.6 Å². The van der Waals surface area contributed by atoms with Crippen LogP contribution in [0.25, 0.3) is 0 Å². The number of pyridine rings is 1. The molecule has 1 aromatic carbocycles. The van der Waals surface area contributed by atoms with Gasteiger partial charge in [-0.2, -0.15) is 0 Å². The zero-order valence-corrected chi connectivity index (χ0v) is 16.0. The number of nitrogens with one attached hydrogen (secondary N) is 1. The van der Waals surface area contributed by atoms with Crippen molar-refractivity contribution < 1.29 is 14.3 Å². The van der Waals surface area contributed by atoms with Gasteiger partial charge in [0.15, 0.2) is 0 Å². The summed E-state index contributed by atoms with van der Waals surface area (Å²) in [6, 6.07) is 9.23. The fraction of sp³-hybridized carbons (Fsp3) is 0.400. The van der Waals surface area contributed by atoms with Crippen LogP contribution in [0.1, 0.15) is 41.6 Å². The molecule has 1 aromatic heterocycles. The second-order valence-corrected chi connectivity index (χ2v) is 7.57. The molecular formula is C20H24N2O3S. The van der Waals surface area contributed by atoms with E-state index in [1.807, 2.05) is 30.3 Å². The molecule has 0 unspecified atom stereocenters. The number of carbonyl (C=O) groups excluding carboxylic acids is 1. The van der Waals surface area contributed by atoms with Crippen LogP contribution < -0.4 is 14.8 Å². The molecule has 1 aliphatic carbocycles. The summed E-state index contributed by atoms with van der Waals surface area (Å²) in [6.07, 6.45) is 6.69. The van der Waals surface area contributed by atoms with Gasteiger partial charge < -0.3 is 14.8 Å². The van der Waals surface area contributed by atoms with Gasteiger partial charge in [-0.25, -0.2) is 4.98 Å². The van der Waals surface area contributed by atoms with Gasteiger partial charge in [0.25, 0.3) is 5.91 Å². The van der Waals surface area contributed by atoms with Crippen LogP contribution in [0.4, 0.5) is 0 Å². The molecule has 5 nitrogen and oxygen atoms in total. The van der Waals surface area contributed by atoms with E-state index in [4.69, 9.17) is 9.47 Å². The molecule has 0 bridgehead atoms. The SMILES string of the molecule is COc1cc(CNC(=O)c2cccnc2SC2CCCC2)cc(OC)c1. The Labute approximate surface area is 158 Å². The summed E-state index contributed by atoms with van der Waals surface area (Å²) in [7, 11) is 3.22. The molecule has 0 aliphatic heterocycles. The van der Waals surface area contributed by atoms with E-state index >= 15 is 0 Å². The van der Waals surface area contributed by atoms with Crippen LogP contribution >= 0.6 is 11.8 Å². The van der Waals surface area contributed by atoms with Crippen molar-refractivity contribution in [3.8, 4) is 11.5 Å². The molecule has 2 aromatic rings. The number of benzene rings is 1. The van der Waals surface area contributed by atoms with Crippen molar-refractivity contribution >= 4 is 17.7 Å². The van der Waals surface area contributed by atoms with E-state index in [9.17, 15) is 4.79 Å². The minimum atomic E-state index is -0.111. The Hall–Kier alpha value is -2.21. The van der Waals surface area contributed by atoms with Crippen molar-refractivity contribution in [3.63, 3.8) is 0 Å². The number of nitrogens with zero attached hydrogens (tertiary/aromatic N) is 1. The molecule has 0 spiro atoms. The van der Waals surface area contributed by atoms with Crippen LogP contribution in [-0.4, -0.2) is 30.4 Å². The molecule has 1 heterocycles. The van der Waals surface area contributed by atoms with Gasteiger partial charge in [0.2, 0.25) is 0 Å². The first-order valence-electron chi connectivity index (χ1n) is 8.81. The molecule has 0 saturated heterocycles. The maximum Gasteiger partial charge on any atom is 0.254 e. The zero-order chi connectivity index (χ0) is 18.4. The first-order valence-corrected chi connectivity index (χ1v) is 9.69. The number of hydrogen-bond acceptors (Lipinski definition) is 5. The van der Waals surface area contributed by atoms with Gasteiger partial charge in [0, 0.05) is 24.1 Å². The van der Waals surface area contributed by atoms with Gasteiger partial charge in [-0.3, -0.25) is 4.79 Å². The first kappa shape index (κ1) is 18.6. The Balaban J connectivity index is 1.68. The summed E-state index contributed by atoms with van der Waals surface area (Å²) < 4.78 is 10.6. The highest BCUT2D eigenvalue weighted by atomic mass is 32.2. The number of ether oxygens (including phenoxy) is 2. The first-order chi connectivity index (χ1) is 12.7. The summed E-state index contributed by atoms with van der Waals surface area (Å²) in [5.74, 6) is 1.29. The monoisotopic (exact) mass is 372 g/mol. The molecule has 0 atom stereocenters. The lowest BCUT2D eigenvalue weighted by molar-refractivity contribution is 0.0947. The van der Waals surface area contributed by atoms with Gasteiger partial charge in [-0.1, -0.05) is 12.8 Å². The van der Waals surface area contributed by atoms with E-state index in [1.165, 1.54) is 25.7 Å². The third-order valence-corrected chi connectivity index (χ3v) is 5.81. The Kier molecular flexibility index (Phi) is 6.39. The average Bonchev–Trinajstić information content (AvgIpc) is 3.19. The highest BCUT2D eigenvalue weighted by molar-refractivity contribution is 7.99. The fourth-order valence-electron chi connectivity index (χ4n) is 3.07. The number of aromatic nitrogens is 1. The lowest BCUT2D eigenvalue weighted by Gasteiger charge is -2.13. The average molecular weight is 372 g/mol. The normalized spacial score (nSPS) is 14.2. The molecule has 0 radical (unpaired) electrons. The van der Waals surface area contributed by atoms with Crippen molar-refractivity contribution in [1.82, 2.24) is 10.3 Å². The fourth-order valence-corrected chi connectivity index (χ4v) is 4.36. The topological polar surface area (TPSA) is 60.5 Å². The van der Waals surface area contributed by atoms with Crippen LogP contribution in [0.3, 0.4) is 0 Å². The molecule has 1 fully saturated rings. The number of rotatable bonds is 7. The molecule has 1 amide bonds. The molecule has 3 rings (SSSR count). The van der Waals surface area contributed by atoms with Gasteiger partial charge >= 0.3 is 0 Å². The number of carbonyl (C=O) groups is 1. The smallest absolute Gasteiger partial charge is 0.254 e. The van der Waals surface area contributed by atoms with Crippen molar-refractivity contribution in [2.45, 2.75) is 42.5 Å². The van der Waals surface area contributed by atoms with Crippen molar-refractivity contribution in [2.75, 3.05) is 14.2 Å². The largest absolute Gasteiger partial charge is 0.497 e. The Bertz CT molecular complexity index is 738. The maximum atomic E-state index is 12.7. The minimum absolute atomic E-state index is 0.111. The van der Waals surface area contributed by atoms with E-state index in [1.54, 1.807) is 32.2 Å². The molecular weight excluding hydrogens is 348 g/mol. The second-order valence-electron chi connectivity index (χ2n) is 6.28. The maximum absolute atomic E-state index is 12.7. The third kappa shape index (κ3) is 4.69. The highest BCUT2D eigenvalue weighted by Crippen LogP contribution is 2.35. The third-order valence-electron chi connectivity index (χ3n) is 4.46. The van der Waals surface area contributed by atoms with Crippen LogP contribution in [0.15, 0.2) is 41.6 Å². The number of amides is 1. The predicted octanol–water partition coefficient (Wildman–Crippen LogP) is 4.06. The van der Waals surface area contributed by atoms with Crippen molar-refractivity contribution in [2.24, 2.45) is 0 Å². The van der Waals surface area contributed by atoms with Gasteiger partial charge in [-0.05, 0) is 42.7 Å². The molecule has 6 heteroatoms. The number of thioether (sulfide) groups is 1. The summed E-state index contributed by atoms with van der Waals surface area (Å²) in [6.45, 7) is 0.398.